The van der Waals surface area contributed by atoms with Gasteiger partial charge in [0.2, 0.25) is 0 Å². The van der Waals surface area contributed by atoms with E-state index in [1.165, 1.54) is 0 Å². The first-order valence-corrected chi connectivity index (χ1v) is 2.75. The molecule has 0 aliphatic rings. The molecule has 0 unspecified atom stereocenters. The van der Waals surface area contributed by atoms with Crippen molar-refractivity contribution in [3.63, 3.8) is 0 Å². The standard InChI is InChI=1S/H4N2O2S.H4N2/c1-5(2,3)4;1-2/h(H4,1,2,3,4);1-2H2. The van der Waals surface area contributed by atoms with E-state index in [1.54, 1.807) is 0 Å². The monoisotopic (exact) mass is 128 g/mol. The fourth-order valence-electron chi connectivity index (χ4n) is 0. The predicted octanol–water partition coefficient (Wildman–Crippen LogP) is -3.03. The predicted molar refractivity (Wildman–Crippen MR) is 25.7 cm³/mol. The Kier molecular flexibility index (Phi) is 5.62. The number of hydrazine groups is 1. The van der Waals surface area contributed by atoms with Gasteiger partial charge in [-0.3, -0.25) is 11.7 Å². The molecule has 0 saturated carbocycles. The molecule has 7 heavy (non-hydrogen) atoms. The minimum absolute atomic E-state index is 3.67. The SMILES string of the molecule is NN.NS(N)(=O)=O. The number of nitrogens with two attached hydrogens (primary N) is 4. The zero-order chi connectivity index (χ0) is 6.50. The Labute approximate surface area is 41.6 Å². The molecule has 0 aliphatic heterocycles. The summed E-state index contributed by atoms with van der Waals surface area (Å²) in [4.78, 5) is 0. The molecule has 7 heteroatoms. The van der Waals surface area contributed by atoms with Gasteiger partial charge in [0.05, 0.1) is 0 Å². The summed E-state index contributed by atoms with van der Waals surface area (Å²) in [5, 5.41) is 8.21. The van der Waals surface area contributed by atoms with E-state index >= 15 is 0 Å². The molecule has 0 aromatic heterocycles. The summed E-state index contributed by atoms with van der Waals surface area (Å²) in [7, 11) is -3.67. The largest absolute Gasteiger partial charge is 0.274 e. The second-order valence-electron chi connectivity index (χ2n) is 0.589. The molecule has 0 aliphatic carbocycles. The molecular weight excluding hydrogens is 120 g/mol. The fourth-order valence-corrected chi connectivity index (χ4v) is 0. The van der Waals surface area contributed by atoms with Crippen molar-refractivity contribution >= 4 is 10.2 Å². The second kappa shape index (κ2) is 3.96. The summed E-state index contributed by atoms with van der Waals surface area (Å²) in [6.45, 7) is 0. The van der Waals surface area contributed by atoms with Crippen molar-refractivity contribution < 1.29 is 8.42 Å². The summed E-state index contributed by atoms with van der Waals surface area (Å²) in [5.74, 6) is 8.00. The molecule has 46 valence electrons. The molecule has 0 aromatic rings. The van der Waals surface area contributed by atoms with Crippen molar-refractivity contribution in [2.24, 2.45) is 22.0 Å². The Hall–Kier alpha value is -0.210. The maximum Gasteiger partial charge on any atom is 0.271 e. The Morgan fingerprint density at radius 3 is 1.00 bits per heavy atom. The van der Waals surface area contributed by atoms with Crippen LogP contribution in [0.15, 0.2) is 0 Å². The molecule has 0 spiro atoms. The smallest absolute Gasteiger partial charge is 0.271 e. The van der Waals surface area contributed by atoms with Crippen LogP contribution in [0, 0.1) is 0 Å². The molecule has 0 bridgehead atoms. The maximum atomic E-state index is 9.19. The number of hydrogen-bond donors (Lipinski definition) is 4. The van der Waals surface area contributed by atoms with Crippen LogP contribution in [-0.4, -0.2) is 8.42 Å². The third-order valence-electron chi connectivity index (χ3n) is 0. The van der Waals surface area contributed by atoms with Gasteiger partial charge in [0.1, 0.15) is 0 Å². The second-order valence-corrected chi connectivity index (χ2v) is 1.77. The van der Waals surface area contributed by atoms with E-state index in [2.05, 4.69) is 22.0 Å². The van der Waals surface area contributed by atoms with Crippen molar-refractivity contribution in [1.82, 2.24) is 0 Å². The summed E-state index contributed by atoms with van der Waals surface area (Å²) in [5.41, 5.74) is 0. The van der Waals surface area contributed by atoms with E-state index < -0.39 is 10.2 Å². The summed E-state index contributed by atoms with van der Waals surface area (Å²) < 4.78 is 18.4. The van der Waals surface area contributed by atoms with Gasteiger partial charge < -0.3 is 0 Å². The first kappa shape index (κ1) is 9.92. The van der Waals surface area contributed by atoms with E-state index in [0.29, 0.717) is 0 Å². The quantitative estimate of drug-likeness (QED) is 0.203. The van der Waals surface area contributed by atoms with Crippen molar-refractivity contribution in [3.8, 4) is 0 Å². The Bertz CT molecular complexity index is 92.9. The van der Waals surface area contributed by atoms with Crippen LogP contribution in [0.1, 0.15) is 0 Å². The highest BCUT2D eigenvalue weighted by atomic mass is 32.2. The van der Waals surface area contributed by atoms with E-state index in [4.69, 9.17) is 0 Å². The molecule has 0 amide bonds. The lowest BCUT2D eigenvalue weighted by Gasteiger charge is -1.72. The highest BCUT2D eigenvalue weighted by Gasteiger charge is 1.78. The third-order valence-corrected chi connectivity index (χ3v) is 0. The Morgan fingerprint density at radius 1 is 1.00 bits per heavy atom. The van der Waals surface area contributed by atoms with Gasteiger partial charge in [-0.15, -0.1) is 0 Å². The molecule has 0 saturated heterocycles. The van der Waals surface area contributed by atoms with Gasteiger partial charge >= 0.3 is 0 Å². The third kappa shape index (κ3) is 1890. The van der Waals surface area contributed by atoms with Crippen LogP contribution >= 0.6 is 0 Å². The van der Waals surface area contributed by atoms with E-state index in [-0.39, 0.29) is 0 Å². The first-order chi connectivity index (χ1) is 3.00. The number of rotatable bonds is 0. The van der Waals surface area contributed by atoms with Gasteiger partial charge in [-0.1, -0.05) is 0 Å². The average Bonchev–Trinajstić information content (AvgIpc) is 1.36. The Morgan fingerprint density at radius 2 is 1.00 bits per heavy atom. The molecule has 0 atom stereocenters. The van der Waals surface area contributed by atoms with E-state index in [9.17, 15) is 8.42 Å². The Balaban J connectivity index is 0. The molecule has 0 rings (SSSR count). The van der Waals surface area contributed by atoms with Crippen LogP contribution in [-0.2, 0) is 10.2 Å². The highest BCUT2D eigenvalue weighted by Crippen LogP contribution is 1.40. The van der Waals surface area contributed by atoms with Gasteiger partial charge in [-0.05, 0) is 0 Å². The van der Waals surface area contributed by atoms with Crippen molar-refractivity contribution in [2.75, 3.05) is 0 Å². The van der Waals surface area contributed by atoms with Crippen LogP contribution in [0.5, 0.6) is 0 Å². The average molecular weight is 128 g/mol. The van der Waals surface area contributed by atoms with Crippen LogP contribution < -0.4 is 22.0 Å². The van der Waals surface area contributed by atoms with Crippen molar-refractivity contribution in [2.45, 2.75) is 0 Å². The van der Waals surface area contributed by atoms with Gasteiger partial charge in [-0.25, -0.2) is 10.3 Å². The zero-order valence-electron chi connectivity index (χ0n) is 3.53. The molecule has 0 fully saturated rings. The molecule has 0 radical (unpaired) electrons. The van der Waals surface area contributed by atoms with Gasteiger partial charge in [0.15, 0.2) is 0 Å². The normalized spacial score (nSPS) is 9.14. The molecule has 0 heterocycles. The highest BCUT2D eigenvalue weighted by molar-refractivity contribution is 7.86. The van der Waals surface area contributed by atoms with Crippen molar-refractivity contribution in [3.05, 3.63) is 0 Å². The topological polar surface area (TPSA) is 138 Å². The van der Waals surface area contributed by atoms with Crippen LogP contribution in [0.25, 0.3) is 0 Å². The minimum atomic E-state index is -3.67. The van der Waals surface area contributed by atoms with Crippen LogP contribution in [0.3, 0.4) is 0 Å². The lowest BCUT2D eigenvalue weighted by molar-refractivity contribution is 0.599. The maximum absolute atomic E-state index is 9.19. The summed E-state index contributed by atoms with van der Waals surface area (Å²) in [6.07, 6.45) is 0. The molecule has 6 nitrogen and oxygen atoms in total. The van der Waals surface area contributed by atoms with E-state index in [0.717, 1.165) is 0 Å². The van der Waals surface area contributed by atoms with E-state index in [1.807, 2.05) is 0 Å². The van der Waals surface area contributed by atoms with Crippen LogP contribution in [0.4, 0.5) is 0 Å². The lowest BCUT2D eigenvalue weighted by Crippen LogP contribution is -2.21. The summed E-state index contributed by atoms with van der Waals surface area (Å²) in [6, 6.07) is 0. The lowest BCUT2D eigenvalue weighted by atomic mass is 13.0. The van der Waals surface area contributed by atoms with Crippen LogP contribution in [0.2, 0.25) is 0 Å². The first-order valence-electron chi connectivity index (χ1n) is 1.14. The summed E-state index contributed by atoms with van der Waals surface area (Å²) >= 11 is 0. The van der Waals surface area contributed by atoms with Crippen molar-refractivity contribution in [1.29, 1.82) is 0 Å². The van der Waals surface area contributed by atoms with Gasteiger partial charge in [0, 0.05) is 0 Å². The molecular formula is H8N4O2S. The van der Waals surface area contributed by atoms with Gasteiger partial charge in [-0.2, -0.15) is 8.42 Å². The zero-order valence-corrected chi connectivity index (χ0v) is 4.35. The molecule has 8 N–H and O–H groups in total. The van der Waals surface area contributed by atoms with Gasteiger partial charge in [0.25, 0.3) is 10.2 Å². The fraction of sp³-hybridized carbons (Fsp3) is 0. The number of hydrogen-bond acceptors (Lipinski definition) is 4. The minimum Gasteiger partial charge on any atom is -0.274 e. The molecule has 0 aromatic carbocycles.